The number of ether oxygens (including phenoxy) is 2. The van der Waals surface area contributed by atoms with E-state index in [0.29, 0.717) is 22.6 Å². The number of methoxy groups -OCH3 is 1. The molecule has 4 aromatic rings. The van der Waals surface area contributed by atoms with Crippen LogP contribution >= 0.6 is 0 Å². The van der Waals surface area contributed by atoms with E-state index >= 15 is 0 Å². The van der Waals surface area contributed by atoms with Gasteiger partial charge in [0.15, 0.2) is 5.76 Å². The second-order valence-electron chi connectivity index (χ2n) is 7.33. The Labute approximate surface area is 206 Å². The Morgan fingerprint density at radius 2 is 1.61 bits per heavy atom. The van der Waals surface area contributed by atoms with Gasteiger partial charge in [0.2, 0.25) is 0 Å². The Hall–Kier alpha value is -5.18. The Bertz CT molecular complexity index is 1400. The minimum Gasteiger partial charge on any atom is -0.497 e. The molecule has 0 saturated heterocycles. The molecule has 0 unspecified atom stereocenters. The van der Waals surface area contributed by atoms with Crippen molar-refractivity contribution in [2.75, 3.05) is 12.4 Å². The molecule has 0 spiro atoms. The number of carbonyl (C=O) groups excluding carboxylic acids is 3. The van der Waals surface area contributed by atoms with Crippen LogP contribution < -0.4 is 20.2 Å². The molecule has 0 fully saturated rings. The summed E-state index contributed by atoms with van der Waals surface area (Å²) in [6.07, 6.45) is 2.74. The van der Waals surface area contributed by atoms with Crippen LogP contribution in [0.1, 0.15) is 36.8 Å². The molecule has 9 nitrogen and oxygen atoms in total. The largest absolute Gasteiger partial charge is 0.497 e. The molecule has 36 heavy (non-hydrogen) atoms. The molecule has 9 heteroatoms. The summed E-state index contributed by atoms with van der Waals surface area (Å²) in [7, 11) is 1.54. The van der Waals surface area contributed by atoms with Crippen LogP contribution in [0.3, 0.4) is 0 Å². The predicted octanol–water partition coefficient (Wildman–Crippen LogP) is 4.52. The number of furan rings is 1. The SMILES string of the molecule is COc1ccc(C(=O)Oc2ccccc2/C=N\NC(=O)c2ccccc2NC(=O)c2ccco2)cc1. The van der Waals surface area contributed by atoms with Crippen molar-refractivity contribution in [1.82, 2.24) is 5.43 Å². The summed E-state index contributed by atoms with van der Waals surface area (Å²) in [5.41, 5.74) is 3.74. The van der Waals surface area contributed by atoms with Gasteiger partial charge in [-0.2, -0.15) is 5.10 Å². The van der Waals surface area contributed by atoms with Crippen LogP contribution in [0.2, 0.25) is 0 Å². The number of benzene rings is 3. The third-order valence-electron chi connectivity index (χ3n) is 4.98. The van der Waals surface area contributed by atoms with Gasteiger partial charge in [-0.25, -0.2) is 10.2 Å². The van der Waals surface area contributed by atoms with Crippen LogP contribution in [0.15, 0.2) is 101 Å². The van der Waals surface area contributed by atoms with E-state index in [9.17, 15) is 14.4 Å². The van der Waals surface area contributed by atoms with Gasteiger partial charge in [0.25, 0.3) is 11.8 Å². The lowest BCUT2D eigenvalue weighted by molar-refractivity contribution is 0.0733. The zero-order chi connectivity index (χ0) is 25.3. The lowest BCUT2D eigenvalue weighted by atomic mass is 10.1. The molecule has 1 aromatic heterocycles. The second-order valence-corrected chi connectivity index (χ2v) is 7.33. The second kappa shape index (κ2) is 11.3. The van der Waals surface area contributed by atoms with Crippen LogP contribution in [-0.4, -0.2) is 31.1 Å². The number of amides is 2. The molecule has 0 atom stereocenters. The predicted molar refractivity (Wildman–Crippen MR) is 133 cm³/mol. The number of para-hydroxylation sites is 2. The molecule has 1 heterocycles. The molecule has 0 aliphatic carbocycles. The molecular formula is C27H21N3O6. The minimum absolute atomic E-state index is 0.115. The third kappa shape index (κ3) is 5.84. The minimum atomic E-state index is -0.552. The number of rotatable bonds is 8. The summed E-state index contributed by atoms with van der Waals surface area (Å²) in [5, 5.41) is 6.63. The standard InChI is InChI=1S/C27H21N3O6/c1-34-20-14-12-18(13-15-20)27(33)36-23-10-5-2-7-19(23)17-28-30-25(31)21-8-3-4-9-22(21)29-26(32)24-11-6-16-35-24/h2-17H,1H3,(H,29,32)(H,30,31)/b28-17-. The average molecular weight is 483 g/mol. The van der Waals surface area contributed by atoms with Crippen molar-refractivity contribution in [3.8, 4) is 11.5 Å². The molecule has 0 bridgehead atoms. The zero-order valence-electron chi connectivity index (χ0n) is 19.1. The van der Waals surface area contributed by atoms with Crippen LogP contribution in [0.4, 0.5) is 5.69 Å². The molecule has 0 saturated carbocycles. The normalized spacial score (nSPS) is 10.6. The van der Waals surface area contributed by atoms with Gasteiger partial charge >= 0.3 is 5.97 Å². The maximum Gasteiger partial charge on any atom is 0.343 e. The van der Waals surface area contributed by atoms with Crippen molar-refractivity contribution < 1.29 is 28.3 Å². The van der Waals surface area contributed by atoms with Crippen molar-refractivity contribution in [1.29, 1.82) is 0 Å². The first-order valence-corrected chi connectivity index (χ1v) is 10.8. The van der Waals surface area contributed by atoms with E-state index in [1.54, 1.807) is 78.9 Å². The van der Waals surface area contributed by atoms with Gasteiger partial charge in [0, 0.05) is 5.56 Å². The highest BCUT2D eigenvalue weighted by molar-refractivity contribution is 6.08. The van der Waals surface area contributed by atoms with Crippen molar-refractivity contribution in [2.45, 2.75) is 0 Å². The van der Waals surface area contributed by atoms with Gasteiger partial charge in [-0.3, -0.25) is 9.59 Å². The zero-order valence-corrected chi connectivity index (χ0v) is 19.1. The summed E-state index contributed by atoms with van der Waals surface area (Å²) < 4.78 is 15.7. The van der Waals surface area contributed by atoms with E-state index in [-0.39, 0.29) is 17.1 Å². The van der Waals surface area contributed by atoms with Crippen molar-refractivity contribution in [3.05, 3.63) is 114 Å². The number of nitrogens with zero attached hydrogens (tertiary/aromatic N) is 1. The summed E-state index contributed by atoms with van der Waals surface area (Å²) in [6.45, 7) is 0. The number of hydrogen-bond donors (Lipinski definition) is 2. The first-order valence-electron chi connectivity index (χ1n) is 10.8. The molecule has 2 N–H and O–H groups in total. The van der Waals surface area contributed by atoms with E-state index < -0.39 is 17.8 Å². The first-order chi connectivity index (χ1) is 17.5. The Balaban J connectivity index is 1.43. The van der Waals surface area contributed by atoms with Crippen LogP contribution in [0.5, 0.6) is 11.5 Å². The van der Waals surface area contributed by atoms with Gasteiger partial charge in [-0.15, -0.1) is 0 Å². The monoisotopic (exact) mass is 483 g/mol. The van der Waals surface area contributed by atoms with Gasteiger partial charge in [0.05, 0.1) is 36.4 Å². The number of anilines is 1. The maximum absolute atomic E-state index is 12.7. The first kappa shape index (κ1) is 24.0. The summed E-state index contributed by atoms with van der Waals surface area (Å²) in [4.78, 5) is 37.5. The highest BCUT2D eigenvalue weighted by Gasteiger charge is 2.15. The van der Waals surface area contributed by atoms with E-state index in [0.717, 1.165) is 0 Å². The molecule has 180 valence electrons. The third-order valence-corrected chi connectivity index (χ3v) is 4.98. The summed E-state index contributed by atoms with van der Waals surface area (Å²) >= 11 is 0. The Morgan fingerprint density at radius 3 is 2.36 bits per heavy atom. The maximum atomic E-state index is 12.7. The molecule has 0 radical (unpaired) electrons. The number of hydrogen-bond acceptors (Lipinski definition) is 7. The van der Waals surface area contributed by atoms with E-state index in [1.807, 2.05) is 0 Å². The Morgan fingerprint density at radius 1 is 0.861 bits per heavy atom. The van der Waals surface area contributed by atoms with E-state index in [4.69, 9.17) is 13.9 Å². The number of carbonyl (C=O) groups is 3. The average Bonchev–Trinajstić information content (AvgIpc) is 3.45. The summed E-state index contributed by atoms with van der Waals surface area (Å²) in [5.74, 6) is -0.585. The molecular weight excluding hydrogens is 462 g/mol. The molecule has 0 aliphatic heterocycles. The number of nitrogens with one attached hydrogen (secondary N) is 2. The fourth-order valence-corrected chi connectivity index (χ4v) is 3.17. The topological polar surface area (TPSA) is 119 Å². The van der Waals surface area contributed by atoms with Crippen LogP contribution in [0, 0.1) is 0 Å². The van der Waals surface area contributed by atoms with Crippen LogP contribution in [-0.2, 0) is 0 Å². The van der Waals surface area contributed by atoms with Crippen molar-refractivity contribution in [3.63, 3.8) is 0 Å². The number of hydrazone groups is 1. The van der Waals surface area contributed by atoms with Crippen LogP contribution in [0.25, 0.3) is 0 Å². The summed E-state index contributed by atoms with van der Waals surface area (Å²) in [6, 6.07) is 22.9. The van der Waals surface area contributed by atoms with Gasteiger partial charge in [0.1, 0.15) is 11.5 Å². The smallest absolute Gasteiger partial charge is 0.343 e. The molecule has 3 aromatic carbocycles. The quantitative estimate of drug-likeness (QED) is 0.165. The van der Waals surface area contributed by atoms with Gasteiger partial charge in [-0.1, -0.05) is 24.3 Å². The fraction of sp³-hybridized carbons (Fsp3) is 0.0370. The van der Waals surface area contributed by atoms with E-state index in [1.165, 1.54) is 25.7 Å². The molecule has 0 aliphatic rings. The highest BCUT2D eigenvalue weighted by atomic mass is 16.5. The van der Waals surface area contributed by atoms with Crippen molar-refractivity contribution in [2.24, 2.45) is 5.10 Å². The Kier molecular flexibility index (Phi) is 7.52. The lowest BCUT2D eigenvalue weighted by Crippen LogP contribution is -2.21. The van der Waals surface area contributed by atoms with Gasteiger partial charge in [-0.05, 0) is 60.7 Å². The molecule has 4 rings (SSSR count). The molecule has 2 amide bonds. The van der Waals surface area contributed by atoms with Crippen molar-refractivity contribution >= 4 is 29.7 Å². The number of esters is 1. The highest BCUT2D eigenvalue weighted by Crippen LogP contribution is 2.20. The fourth-order valence-electron chi connectivity index (χ4n) is 3.17. The lowest BCUT2D eigenvalue weighted by Gasteiger charge is -2.09. The van der Waals surface area contributed by atoms with E-state index in [2.05, 4.69) is 15.8 Å². The van der Waals surface area contributed by atoms with Gasteiger partial charge < -0.3 is 19.2 Å².